The Bertz CT molecular complexity index is 476. The second kappa shape index (κ2) is 4.61. The molecule has 0 spiro atoms. The van der Waals surface area contributed by atoms with E-state index in [9.17, 15) is 4.39 Å². The molecule has 0 saturated carbocycles. The predicted octanol–water partition coefficient (Wildman–Crippen LogP) is 2.24. The Morgan fingerprint density at radius 1 is 1.44 bits per heavy atom. The molecule has 1 aromatic carbocycles. The molecule has 0 aliphatic rings. The van der Waals surface area contributed by atoms with E-state index in [0.717, 1.165) is 29.8 Å². The number of halogens is 1. The van der Waals surface area contributed by atoms with Crippen molar-refractivity contribution in [2.45, 2.75) is 26.3 Å². The molecule has 3 nitrogen and oxygen atoms in total. The Labute approximate surface area is 94.1 Å². The molecule has 0 bridgehead atoms. The quantitative estimate of drug-likeness (QED) is 0.831. The lowest BCUT2D eigenvalue weighted by Crippen LogP contribution is -2.25. The van der Waals surface area contributed by atoms with E-state index in [1.807, 2.05) is 0 Å². The molecular formula is C12H16FN3. The Morgan fingerprint density at radius 3 is 3.00 bits per heavy atom. The van der Waals surface area contributed by atoms with Crippen LogP contribution in [0.2, 0.25) is 0 Å². The van der Waals surface area contributed by atoms with E-state index in [0.29, 0.717) is 6.04 Å². The number of nitrogens with one attached hydrogen (secondary N) is 2. The first-order valence-electron chi connectivity index (χ1n) is 5.52. The summed E-state index contributed by atoms with van der Waals surface area (Å²) in [6.45, 7) is 5.09. The highest BCUT2D eigenvalue weighted by molar-refractivity contribution is 5.74. The van der Waals surface area contributed by atoms with Crippen LogP contribution in [0.3, 0.4) is 0 Å². The monoisotopic (exact) mass is 221 g/mol. The topological polar surface area (TPSA) is 40.7 Å². The minimum atomic E-state index is -0.233. The van der Waals surface area contributed by atoms with Gasteiger partial charge in [0.2, 0.25) is 0 Å². The fourth-order valence-corrected chi connectivity index (χ4v) is 1.63. The van der Waals surface area contributed by atoms with Crippen molar-refractivity contribution in [2.75, 3.05) is 6.54 Å². The second-order valence-electron chi connectivity index (χ2n) is 4.20. The first kappa shape index (κ1) is 11.1. The zero-order chi connectivity index (χ0) is 11.5. The van der Waals surface area contributed by atoms with Crippen molar-refractivity contribution in [1.82, 2.24) is 15.3 Å². The normalized spacial score (nSPS) is 11.5. The highest BCUT2D eigenvalue weighted by Gasteiger charge is 2.03. The van der Waals surface area contributed by atoms with Gasteiger partial charge in [-0.05, 0) is 18.2 Å². The van der Waals surface area contributed by atoms with Crippen molar-refractivity contribution in [1.29, 1.82) is 0 Å². The molecule has 2 N–H and O–H groups in total. The molecule has 1 heterocycles. The van der Waals surface area contributed by atoms with Crippen molar-refractivity contribution in [3.05, 3.63) is 29.8 Å². The number of imidazole rings is 1. The van der Waals surface area contributed by atoms with Gasteiger partial charge in [0.1, 0.15) is 11.6 Å². The summed E-state index contributed by atoms with van der Waals surface area (Å²) in [5, 5.41) is 3.32. The van der Waals surface area contributed by atoms with Gasteiger partial charge in [-0.15, -0.1) is 0 Å². The largest absolute Gasteiger partial charge is 0.342 e. The van der Waals surface area contributed by atoms with Gasteiger partial charge in [-0.3, -0.25) is 0 Å². The van der Waals surface area contributed by atoms with E-state index in [1.54, 1.807) is 6.07 Å². The SMILES string of the molecule is CC(C)NCCc1nc2ccc(F)cc2[nH]1. The highest BCUT2D eigenvalue weighted by atomic mass is 19.1. The van der Waals surface area contributed by atoms with Crippen LogP contribution in [0.25, 0.3) is 11.0 Å². The van der Waals surface area contributed by atoms with Crippen molar-refractivity contribution in [2.24, 2.45) is 0 Å². The molecule has 0 aliphatic carbocycles. The maximum atomic E-state index is 12.9. The van der Waals surface area contributed by atoms with Crippen LogP contribution in [0.4, 0.5) is 4.39 Å². The standard InChI is InChI=1S/C12H16FN3/c1-8(2)14-6-5-12-15-10-4-3-9(13)7-11(10)16-12/h3-4,7-8,14H,5-6H2,1-2H3,(H,15,16). The summed E-state index contributed by atoms with van der Waals surface area (Å²) in [5.41, 5.74) is 1.58. The van der Waals surface area contributed by atoms with Crippen molar-refractivity contribution < 1.29 is 4.39 Å². The van der Waals surface area contributed by atoms with Gasteiger partial charge in [-0.25, -0.2) is 9.37 Å². The number of rotatable bonds is 4. The van der Waals surface area contributed by atoms with Gasteiger partial charge in [0.25, 0.3) is 0 Å². The van der Waals surface area contributed by atoms with Crippen LogP contribution in [-0.4, -0.2) is 22.6 Å². The lowest BCUT2D eigenvalue weighted by Gasteiger charge is -2.05. The average Bonchev–Trinajstić information content (AvgIpc) is 2.58. The third kappa shape index (κ3) is 2.58. The molecule has 0 fully saturated rings. The van der Waals surface area contributed by atoms with Gasteiger partial charge in [0, 0.05) is 19.0 Å². The molecular weight excluding hydrogens is 205 g/mol. The summed E-state index contributed by atoms with van der Waals surface area (Å²) in [6.07, 6.45) is 0.828. The summed E-state index contributed by atoms with van der Waals surface area (Å²) >= 11 is 0. The van der Waals surface area contributed by atoms with Gasteiger partial charge in [-0.2, -0.15) is 0 Å². The van der Waals surface area contributed by atoms with Gasteiger partial charge in [0.15, 0.2) is 0 Å². The average molecular weight is 221 g/mol. The molecule has 0 atom stereocenters. The number of H-pyrrole nitrogens is 1. The molecule has 0 unspecified atom stereocenters. The van der Waals surface area contributed by atoms with Gasteiger partial charge >= 0.3 is 0 Å². The molecule has 2 rings (SSSR count). The maximum Gasteiger partial charge on any atom is 0.125 e. The van der Waals surface area contributed by atoms with E-state index < -0.39 is 0 Å². The zero-order valence-corrected chi connectivity index (χ0v) is 9.55. The summed E-state index contributed by atoms with van der Waals surface area (Å²) in [7, 11) is 0. The van der Waals surface area contributed by atoms with Crippen molar-refractivity contribution in [3.63, 3.8) is 0 Å². The lowest BCUT2D eigenvalue weighted by molar-refractivity contribution is 0.585. The minimum absolute atomic E-state index is 0.233. The fourth-order valence-electron chi connectivity index (χ4n) is 1.63. The Kier molecular flexibility index (Phi) is 3.19. The molecule has 1 aromatic heterocycles. The maximum absolute atomic E-state index is 12.9. The lowest BCUT2D eigenvalue weighted by atomic mass is 10.3. The molecule has 86 valence electrons. The summed E-state index contributed by atoms with van der Waals surface area (Å²) in [6, 6.07) is 5.07. The molecule has 0 amide bonds. The predicted molar refractivity (Wildman–Crippen MR) is 62.9 cm³/mol. The highest BCUT2D eigenvalue weighted by Crippen LogP contribution is 2.12. The van der Waals surface area contributed by atoms with Crippen LogP contribution >= 0.6 is 0 Å². The first-order chi connectivity index (χ1) is 7.65. The third-order valence-corrected chi connectivity index (χ3v) is 2.41. The van der Waals surface area contributed by atoms with E-state index >= 15 is 0 Å². The Morgan fingerprint density at radius 2 is 2.25 bits per heavy atom. The fraction of sp³-hybridized carbons (Fsp3) is 0.417. The van der Waals surface area contributed by atoms with Gasteiger partial charge in [0.05, 0.1) is 11.0 Å². The first-order valence-corrected chi connectivity index (χ1v) is 5.52. The van der Waals surface area contributed by atoms with Crippen LogP contribution in [0.15, 0.2) is 18.2 Å². The summed E-state index contributed by atoms with van der Waals surface area (Å²) < 4.78 is 12.9. The molecule has 2 aromatic rings. The molecule has 16 heavy (non-hydrogen) atoms. The Hall–Kier alpha value is -1.42. The number of aromatic nitrogens is 2. The number of hydrogen-bond acceptors (Lipinski definition) is 2. The van der Waals surface area contributed by atoms with E-state index in [2.05, 4.69) is 29.1 Å². The van der Waals surface area contributed by atoms with Crippen LogP contribution in [0, 0.1) is 5.82 Å². The number of aromatic amines is 1. The van der Waals surface area contributed by atoms with Crippen LogP contribution in [0.1, 0.15) is 19.7 Å². The smallest absolute Gasteiger partial charge is 0.125 e. The van der Waals surface area contributed by atoms with E-state index in [4.69, 9.17) is 0 Å². The molecule has 0 radical (unpaired) electrons. The summed E-state index contributed by atoms with van der Waals surface area (Å²) in [5.74, 6) is 0.664. The molecule has 0 saturated heterocycles. The number of fused-ring (bicyclic) bond motifs is 1. The molecule has 0 aliphatic heterocycles. The Balaban J connectivity index is 2.08. The van der Waals surface area contributed by atoms with Gasteiger partial charge < -0.3 is 10.3 Å². The third-order valence-electron chi connectivity index (χ3n) is 2.41. The number of benzene rings is 1. The van der Waals surface area contributed by atoms with Crippen LogP contribution in [-0.2, 0) is 6.42 Å². The van der Waals surface area contributed by atoms with E-state index in [-0.39, 0.29) is 5.82 Å². The van der Waals surface area contributed by atoms with Crippen molar-refractivity contribution >= 4 is 11.0 Å². The second-order valence-corrected chi connectivity index (χ2v) is 4.20. The van der Waals surface area contributed by atoms with Crippen molar-refractivity contribution in [3.8, 4) is 0 Å². The molecule has 4 heteroatoms. The van der Waals surface area contributed by atoms with E-state index in [1.165, 1.54) is 12.1 Å². The summed E-state index contributed by atoms with van der Waals surface area (Å²) in [4.78, 5) is 7.51. The zero-order valence-electron chi connectivity index (χ0n) is 9.55. The minimum Gasteiger partial charge on any atom is -0.342 e. The van der Waals surface area contributed by atoms with Crippen LogP contribution in [0.5, 0.6) is 0 Å². The van der Waals surface area contributed by atoms with Gasteiger partial charge in [-0.1, -0.05) is 13.8 Å². The number of hydrogen-bond donors (Lipinski definition) is 2. The number of nitrogens with zero attached hydrogens (tertiary/aromatic N) is 1. The van der Waals surface area contributed by atoms with Crippen LogP contribution < -0.4 is 5.32 Å².